The highest BCUT2D eigenvalue weighted by Crippen LogP contribution is 2.20. The van der Waals surface area contributed by atoms with Crippen LogP contribution in [-0.2, 0) is 27.7 Å². The van der Waals surface area contributed by atoms with E-state index in [0.29, 0.717) is 24.2 Å². The molecular formula is C11H15N3O4. The van der Waals surface area contributed by atoms with Crippen molar-refractivity contribution in [2.24, 2.45) is 7.05 Å². The molecule has 0 spiro atoms. The highest BCUT2D eigenvalue weighted by Gasteiger charge is 2.32. The Bertz CT molecular complexity index is 495. The van der Waals surface area contributed by atoms with Gasteiger partial charge in [0.2, 0.25) is 6.10 Å². The van der Waals surface area contributed by atoms with Gasteiger partial charge in [0.15, 0.2) is 5.69 Å². The molecule has 2 rings (SSSR count). The first kappa shape index (κ1) is 12.4. The lowest BCUT2D eigenvalue weighted by atomic mass is 10.2. The number of aryl methyl sites for hydroxylation is 2. The second kappa shape index (κ2) is 4.67. The number of carbonyl (C=O) groups is 2. The number of nitrogens with two attached hydrogens (primary N) is 1. The molecule has 0 amide bonds. The van der Waals surface area contributed by atoms with Crippen LogP contribution in [0.1, 0.15) is 29.5 Å². The Morgan fingerprint density at radius 2 is 2.39 bits per heavy atom. The van der Waals surface area contributed by atoms with Gasteiger partial charge in [-0.15, -0.1) is 0 Å². The fraction of sp³-hybridized carbons (Fsp3) is 0.545. The van der Waals surface area contributed by atoms with Crippen molar-refractivity contribution in [2.75, 3.05) is 12.3 Å². The summed E-state index contributed by atoms with van der Waals surface area (Å²) < 4.78 is 11.2. The van der Waals surface area contributed by atoms with Crippen LogP contribution in [0.2, 0.25) is 0 Å². The van der Waals surface area contributed by atoms with Gasteiger partial charge in [-0.05, 0) is 6.42 Å². The number of carbonyl (C=O) groups excluding carboxylic acids is 2. The van der Waals surface area contributed by atoms with E-state index < -0.39 is 18.0 Å². The fourth-order valence-electron chi connectivity index (χ4n) is 1.87. The van der Waals surface area contributed by atoms with Gasteiger partial charge in [0.05, 0.1) is 18.0 Å². The number of ether oxygens (including phenoxy) is 2. The van der Waals surface area contributed by atoms with E-state index in [0.717, 1.165) is 0 Å². The molecule has 1 aliphatic heterocycles. The quantitative estimate of drug-likeness (QED) is 0.764. The number of hydrogen-bond donors (Lipinski definition) is 1. The van der Waals surface area contributed by atoms with Gasteiger partial charge in [-0.3, -0.25) is 4.68 Å². The summed E-state index contributed by atoms with van der Waals surface area (Å²) in [4.78, 5) is 23.2. The van der Waals surface area contributed by atoms with Crippen LogP contribution in [0.5, 0.6) is 0 Å². The fourth-order valence-corrected chi connectivity index (χ4v) is 1.87. The number of nitrogen functional groups attached to an aromatic ring is 1. The zero-order chi connectivity index (χ0) is 13.3. The number of esters is 2. The van der Waals surface area contributed by atoms with Crippen LogP contribution in [0.4, 0.5) is 5.69 Å². The van der Waals surface area contributed by atoms with Crippen molar-refractivity contribution in [3.63, 3.8) is 0 Å². The molecule has 1 aromatic rings. The molecule has 0 aliphatic carbocycles. The Hall–Kier alpha value is -2.05. The van der Waals surface area contributed by atoms with Gasteiger partial charge < -0.3 is 15.2 Å². The zero-order valence-corrected chi connectivity index (χ0v) is 10.3. The van der Waals surface area contributed by atoms with Crippen molar-refractivity contribution in [1.82, 2.24) is 9.78 Å². The first-order valence-electron chi connectivity index (χ1n) is 5.73. The van der Waals surface area contributed by atoms with Crippen LogP contribution >= 0.6 is 0 Å². The highest BCUT2D eigenvalue weighted by atomic mass is 16.6. The molecule has 1 unspecified atom stereocenters. The van der Waals surface area contributed by atoms with Crippen molar-refractivity contribution >= 4 is 17.6 Å². The molecule has 18 heavy (non-hydrogen) atoms. The molecule has 98 valence electrons. The van der Waals surface area contributed by atoms with E-state index >= 15 is 0 Å². The largest absolute Gasteiger partial charge is 0.463 e. The summed E-state index contributed by atoms with van der Waals surface area (Å²) in [6.07, 6.45) is 0.165. The van der Waals surface area contributed by atoms with Crippen molar-refractivity contribution in [3.05, 3.63) is 11.4 Å². The summed E-state index contributed by atoms with van der Waals surface area (Å²) in [5.41, 5.74) is 6.94. The van der Waals surface area contributed by atoms with Crippen molar-refractivity contribution in [3.8, 4) is 0 Å². The minimum absolute atomic E-state index is 0.173. The summed E-state index contributed by atoms with van der Waals surface area (Å²) in [6.45, 7) is 2.17. The molecule has 0 saturated carbocycles. The number of aromatic nitrogens is 2. The Kier molecular flexibility index (Phi) is 3.22. The Morgan fingerprint density at radius 1 is 1.67 bits per heavy atom. The van der Waals surface area contributed by atoms with Crippen molar-refractivity contribution < 1.29 is 19.1 Å². The maximum atomic E-state index is 11.9. The Balaban J connectivity index is 2.18. The predicted molar refractivity (Wildman–Crippen MR) is 61.8 cm³/mol. The van der Waals surface area contributed by atoms with E-state index in [9.17, 15) is 9.59 Å². The van der Waals surface area contributed by atoms with Crippen LogP contribution in [-0.4, -0.2) is 34.4 Å². The normalized spacial score (nSPS) is 18.8. The number of hydrogen-bond acceptors (Lipinski definition) is 6. The van der Waals surface area contributed by atoms with Crippen LogP contribution in [0.15, 0.2) is 0 Å². The summed E-state index contributed by atoms with van der Waals surface area (Å²) >= 11 is 0. The lowest BCUT2D eigenvalue weighted by Crippen LogP contribution is -2.24. The van der Waals surface area contributed by atoms with Gasteiger partial charge in [-0.1, -0.05) is 6.92 Å². The van der Waals surface area contributed by atoms with Crippen LogP contribution in [0.3, 0.4) is 0 Å². The van der Waals surface area contributed by atoms with Gasteiger partial charge in [0, 0.05) is 13.5 Å². The third-order valence-corrected chi connectivity index (χ3v) is 2.83. The molecule has 1 saturated heterocycles. The van der Waals surface area contributed by atoms with Crippen LogP contribution in [0.25, 0.3) is 0 Å². The topological polar surface area (TPSA) is 96.4 Å². The molecule has 1 atom stereocenters. The minimum atomic E-state index is -0.836. The molecule has 2 heterocycles. The number of nitrogens with zero attached hydrogens (tertiary/aromatic N) is 2. The van der Waals surface area contributed by atoms with Crippen LogP contribution in [0, 0.1) is 0 Å². The average molecular weight is 253 g/mol. The molecule has 0 bridgehead atoms. The number of anilines is 1. The molecule has 7 heteroatoms. The van der Waals surface area contributed by atoms with E-state index in [1.165, 1.54) is 4.68 Å². The van der Waals surface area contributed by atoms with E-state index in [-0.39, 0.29) is 12.3 Å². The minimum Gasteiger partial charge on any atom is -0.463 e. The standard InChI is InChI=1S/C11H15N3O4/c1-3-6-8(12)9(14(2)13-6)11(16)18-7-4-5-17-10(7)15/h7H,3-5,12H2,1-2H3. The molecule has 1 aliphatic rings. The Morgan fingerprint density at radius 3 is 2.89 bits per heavy atom. The van der Waals surface area contributed by atoms with Gasteiger partial charge >= 0.3 is 11.9 Å². The highest BCUT2D eigenvalue weighted by molar-refractivity contribution is 5.95. The number of cyclic esters (lactones) is 1. The van der Waals surface area contributed by atoms with Gasteiger partial charge in [0.25, 0.3) is 0 Å². The van der Waals surface area contributed by atoms with E-state index in [1.54, 1.807) is 7.05 Å². The third kappa shape index (κ3) is 2.03. The smallest absolute Gasteiger partial charge is 0.359 e. The SMILES string of the molecule is CCc1nn(C)c(C(=O)OC2CCOC2=O)c1N. The second-order valence-corrected chi connectivity index (χ2v) is 4.04. The maximum Gasteiger partial charge on any atom is 0.359 e. The second-order valence-electron chi connectivity index (χ2n) is 4.04. The Labute approximate surface area is 104 Å². The summed E-state index contributed by atoms with van der Waals surface area (Å²) in [5, 5.41) is 4.12. The monoisotopic (exact) mass is 253 g/mol. The summed E-state index contributed by atoms with van der Waals surface area (Å²) in [6, 6.07) is 0. The molecular weight excluding hydrogens is 238 g/mol. The van der Waals surface area contributed by atoms with Crippen molar-refractivity contribution in [2.45, 2.75) is 25.9 Å². The lowest BCUT2D eigenvalue weighted by molar-refractivity contribution is -0.145. The zero-order valence-electron chi connectivity index (χ0n) is 10.3. The molecule has 0 radical (unpaired) electrons. The maximum absolute atomic E-state index is 11.9. The lowest BCUT2D eigenvalue weighted by Gasteiger charge is -2.08. The molecule has 1 aromatic heterocycles. The first-order valence-corrected chi connectivity index (χ1v) is 5.73. The molecule has 0 aromatic carbocycles. The van der Waals surface area contributed by atoms with E-state index in [2.05, 4.69) is 5.10 Å². The van der Waals surface area contributed by atoms with Crippen molar-refractivity contribution in [1.29, 1.82) is 0 Å². The first-order chi connectivity index (χ1) is 8.54. The molecule has 1 fully saturated rings. The third-order valence-electron chi connectivity index (χ3n) is 2.83. The summed E-state index contributed by atoms with van der Waals surface area (Å²) in [7, 11) is 1.61. The number of rotatable bonds is 3. The van der Waals surface area contributed by atoms with Gasteiger partial charge in [-0.2, -0.15) is 5.10 Å². The van der Waals surface area contributed by atoms with Crippen LogP contribution < -0.4 is 5.73 Å². The van der Waals surface area contributed by atoms with E-state index in [1.807, 2.05) is 6.92 Å². The van der Waals surface area contributed by atoms with E-state index in [4.69, 9.17) is 15.2 Å². The predicted octanol–water partition coefficient (Wildman–Crippen LogP) is 0.0370. The molecule has 7 nitrogen and oxygen atoms in total. The average Bonchev–Trinajstić information content (AvgIpc) is 2.83. The molecule has 2 N–H and O–H groups in total. The van der Waals surface area contributed by atoms with Gasteiger partial charge in [-0.25, -0.2) is 9.59 Å². The summed E-state index contributed by atoms with van der Waals surface area (Å²) in [5.74, 6) is -1.16. The van der Waals surface area contributed by atoms with Gasteiger partial charge in [0.1, 0.15) is 0 Å².